The van der Waals surface area contributed by atoms with Gasteiger partial charge >= 0.3 is 5.69 Å². The topological polar surface area (TPSA) is 117 Å². The smallest absolute Gasteiger partial charge is 0.332 e. The summed E-state index contributed by atoms with van der Waals surface area (Å²) in [6.45, 7) is 0.728. The van der Waals surface area contributed by atoms with E-state index in [-0.39, 0.29) is 11.2 Å². The molecule has 4 rings (SSSR count). The van der Waals surface area contributed by atoms with Gasteiger partial charge in [-0.05, 0) is 24.6 Å². The fourth-order valence-electron chi connectivity index (χ4n) is 3.63. The molecule has 3 aromatic rings. The minimum absolute atomic E-state index is 0.252. The molecule has 0 unspecified atom stereocenters. The molecule has 2 aromatic heterocycles. The van der Waals surface area contributed by atoms with Crippen molar-refractivity contribution in [1.82, 2.24) is 18.7 Å². The van der Waals surface area contributed by atoms with E-state index in [1.807, 2.05) is 11.0 Å². The second kappa shape index (κ2) is 6.96. The third-order valence-corrected chi connectivity index (χ3v) is 5.27. The molecule has 29 heavy (non-hydrogen) atoms. The molecule has 0 bridgehead atoms. The van der Waals surface area contributed by atoms with Crippen LogP contribution in [0, 0.1) is 0 Å². The Hall–Kier alpha value is -3.27. The lowest BCUT2D eigenvalue weighted by Gasteiger charge is -2.29. The van der Waals surface area contributed by atoms with Gasteiger partial charge in [-0.1, -0.05) is 11.6 Å². The Morgan fingerprint density at radius 3 is 2.72 bits per heavy atom. The molecule has 3 heterocycles. The monoisotopic (exact) mass is 418 g/mol. The number of carbonyl (C=O) groups excluding carboxylic acids is 1. The van der Waals surface area contributed by atoms with E-state index in [4.69, 9.17) is 22.1 Å². The largest absolute Gasteiger partial charge is 0.495 e. The minimum Gasteiger partial charge on any atom is -0.495 e. The van der Waals surface area contributed by atoms with Gasteiger partial charge in [-0.3, -0.25) is 14.2 Å². The molecular formula is C18H19ClN6O4. The van der Waals surface area contributed by atoms with Crippen LogP contribution in [0.25, 0.3) is 11.2 Å². The van der Waals surface area contributed by atoms with E-state index in [0.717, 1.165) is 16.7 Å². The lowest BCUT2D eigenvalue weighted by molar-refractivity contribution is -0.118. The van der Waals surface area contributed by atoms with Gasteiger partial charge in [0.25, 0.3) is 5.56 Å². The summed E-state index contributed by atoms with van der Waals surface area (Å²) in [5.41, 5.74) is 5.27. The molecule has 0 aliphatic carbocycles. The van der Waals surface area contributed by atoms with Gasteiger partial charge in [0.2, 0.25) is 11.9 Å². The first-order valence-corrected chi connectivity index (χ1v) is 9.30. The van der Waals surface area contributed by atoms with Crippen LogP contribution in [0.5, 0.6) is 5.75 Å². The number of rotatable bonds is 4. The van der Waals surface area contributed by atoms with E-state index in [2.05, 4.69) is 4.98 Å². The number of ether oxygens (including phenoxy) is 1. The standard InChI is InChI=1S/C18H19ClN6O4/c1-22-15-14(16(27)25(18(22)28)9-13(20)26)24-7-3-6-23(17(24)21-15)10-4-5-12(29-2)11(19)8-10/h4-5,8H,3,6-7,9H2,1-2H3,(H2,20,26). The Morgan fingerprint density at radius 1 is 1.31 bits per heavy atom. The molecule has 152 valence electrons. The number of carbonyl (C=O) groups is 1. The van der Waals surface area contributed by atoms with E-state index in [1.54, 1.807) is 23.8 Å². The van der Waals surface area contributed by atoms with Crippen LogP contribution in [0.15, 0.2) is 27.8 Å². The number of nitrogens with zero attached hydrogens (tertiary/aromatic N) is 5. The van der Waals surface area contributed by atoms with Crippen molar-refractivity contribution in [2.45, 2.75) is 19.5 Å². The molecule has 0 fully saturated rings. The Kier molecular flexibility index (Phi) is 4.58. The zero-order chi connectivity index (χ0) is 20.9. The van der Waals surface area contributed by atoms with Crippen molar-refractivity contribution >= 4 is 40.3 Å². The number of hydrogen-bond donors (Lipinski definition) is 1. The number of amides is 1. The molecule has 10 nitrogen and oxygen atoms in total. The number of nitrogens with two attached hydrogens (primary N) is 1. The van der Waals surface area contributed by atoms with E-state index in [9.17, 15) is 14.4 Å². The van der Waals surface area contributed by atoms with Gasteiger partial charge < -0.3 is 19.9 Å². The van der Waals surface area contributed by atoms with E-state index >= 15 is 0 Å². The van der Waals surface area contributed by atoms with Crippen LogP contribution in [0.2, 0.25) is 5.02 Å². The summed E-state index contributed by atoms with van der Waals surface area (Å²) in [5, 5.41) is 0.453. The molecule has 0 radical (unpaired) electrons. The van der Waals surface area contributed by atoms with Crippen molar-refractivity contribution in [1.29, 1.82) is 0 Å². The summed E-state index contributed by atoms with van der Waals surface area (Å²) in [6.07, 6.45) is 0.750. The van der Waals surface area contributed by atoms with Crippen LogP contribution < -0.4 is 26.6 Å². The summed E-state index contributed by atoms with van der Waals surface area (Å²) in [4.78, 5) is 43.3. The number of aryl methyl sites for hydroxylation is 2. The second-order valence-electron chi connectivity index (χ2n) is 6.76. The van der Waals surface area contributed by atoms with E-state index in [0.29, 0.717) is 29.8 Å². The third-order valence-electron chi connectivity index (χ3n) is 4.98. The van der Waals surface area contributed by atoms with E-state index in [1.165, 1.54) is 11.6 Å². The van der Waals surface area contributed by atoms with Gasteiger partial charge in [0, 0.05) is 25.8 Å². The van der Waals surface area contributed by atoms with Crippen molar-refractivity contribution in [3.8, 4) is 5.75 Å². The Bertz CT molecular complexity index is 1260. The molecule has 0 saturated carbocycles. The van der Waals surface area contributed by atoms with Crippen LogP contribution in [0.4, 0.5) is 11.6 Å². The number of aromatic nitrogens is 4. The highest BCUT2D eigenvalue weighted by atomic mass is 35.5. The third kappa shape index (κ3) is 2.96. The zero-order valence-corrected chi connectivity index (χ0v) is 16.6. The van der Waals surface area contributed by atoms with Crippen molar-refractivity contribution in [2.75, 3.05) is 18.6 Å². The van der Waals surface area contributed by atoms with Crippen molar-refractivity contribution in [3.05, 3.63) is 44.1 Å². The first kappa shape index (κ1) is 19.1. The fraction of sp³-hybridized carbons (Fsp3) is 0.333. The summed E-state index contributed by atoms with van der Waals surface area (Å²) in [5.74, 6) is 0.311. The van der Waals surface area contributed by atoms with Gasteiger partial charge in [-0.15, -0.1) is 0 Å². The number of primary amides is 1. The second-order valence-corrected chi connectivity index (χ2v) is 7.17. The number of imidazole rings is 1. The molecule has 1 amide bonds. The summed E-state index contributed by atoms with van der Waals surface area (Å²) in [6, 6.07) is 5.37. The average Bonchev–Trinajstić information content (AvgIpc) is 3.09. The normalized spacial score (nSPS) is 13.6. The van der Waals surface area contributed by atoms with Gasteiger partial charge in [-0.2, -0.15) is 4.98 Å². The molecule has 1 aliphatic rings. The minimum atomic E-state index is -0.767. The SMILES string of the molecule is COc1ccc(N2CCCn3c2nc2c3c(=O)n(CC(N)=O)c(=O)n2C)cc1Cl. The van der Waals surface area contributed by atoms with Crippen molar-refractivity contribution < 1.29 is 9.53 Å². The number of anilines is 2. The van der Waals surface area contributed by atoms with Crippen LogP contribution >= 0.6 is 11.6 Å². The van der Waals surface area contributed by atoms with Gasteiger partial charge in [0.05, 0.1) is 12.1 Å². The number of benzene rings is 1. The van der Waals surface area contributed by atoms with Crippen molar-refractivity contribution in [3.63, 3.8) is 0 Å². The Labute approximate surface area is 169 Å². The Morgan fingerprint density at radius 2 is 2.07 bits per heavy atom. The summed E-state index contributed by atoms with van der Waals surface area (Å²) < 4.78 is 9.05. The molecule has 1 aromatic carbocycles. The molecule has 0 saturated heterocycles. The molecule has 1 aliphatic heterocycles. The molecule has 11 heteroatoms. The lowest BCUT2D eigenvalue weighted by Crippen LogP contribution is -2.42. The van der Waals surface area contributed by atoms with Crippen LogP contribution in [0.1, 0.15) is 6.42 Å². The summed E-state index contributed by atoms with van der Waals surface area (Å²) >= 11 is 6.27. The van der Waals surface area contributed by atoms with Crippen LogP contribution in [-0.4, -0.2) is 38.2 Å². The molecule has 0 atom stereocenters. The number of fused-ring (bicyclic) bond motifs is 3. The van der Waals surface area contributed by atoms with Gasteiger partial charge in [-0.25, -0.2) is 9.36 Å². The Balaban J connectivity index is 1.95. The predicted octanol–water partition coefficient (Wildman–Crippen LogP) is 0.586. The quantitative estimate of drug-likeness (QED) is 0.662. The number of halogens is 1. The first-order chi connectivity index (χ1) is 13.8. The maximum atomic E-state index is 13.0. The molecular weight excluding hydrogens is 400 g/mol. The number of methoxy groups -OCH3 is 1. The van der Waals surface area contributed by atoms with Crippen LogP contribution in [0.3, 0.4) is 0 Å². The van der Waals surface area contributed by atoms with Crippen LogP contribution in [-0.2, 0) is 24.9 Å². The number of hydrogen-bond acceptors (Lipinski definition) is 6. The molecule has 0 spiro atoms. The zero-order valence-electron chi connectivity index (χ0n) is 15.9. The predicted molar refractivity (Wildman–Crippen MR) is 108 cm³/mol. The van der Waals surface area contributed by atoms with Crippen molar-refractivity contribution in [2.24, 2.45) is 12.8 Å². The first-order valence-electron chi connectivity index (χ1n) is 8.93. The highest BCUT2D eigenvalue weighted by molar-refractivity contribution is 6.32. The summed E-state index contributed by atoms with van der Waals surface area (Å²) in [7, 11) is 3.05. The molecule has 2 N–H and O–H groups in total. The van der Waals surface area contributed by atoms with E-state index < -0.39 is 23.7 Å². The highest BCUT2D eigenvalue weighted by Crippen LogP contribution is 2.35. The lowest BCUT2D eigenvalue weighted by atomic mass is 10.2. The fourth-order valence-corrected chi connectivity index (χ4v) is 3.88. The highest BCUT2D eigenvalue weighted by Gasteiger charge is 2.27. The maximum Gasteiger partial charge on any atom is 0.332 e. The van der Waals surface area contributed by atoms with Gasteiger partial charge in [0.15, 0.2) is 11.2 Å². The van der Waals surface area contributed by atoms with Gasteiger partial charge in [0.1, 0.15) is 12.3 Å². The maximum absolute atomic E-state index is 13.0. The average molecular weight is 419 g/mol.